The van der Waals surface area contributed by atoms with E-state index in [4.69, 9.17) is 0 Å². The maximum absolute atomic E-state index is 12.7. The Hall–Kier alpha value is -2.49. The van der Waals surface area contributed by atoms with Gasteiger partial charge in [-0.2, -0.15) is 0 Å². The fraction of sp³-hybridized carbons (Fsp3) is 0.435. The molecular formula is C23H31N3O. The van der Waals surface area contributed by atoms with Crippen molar-refractivity contribution < 1.29 is 4.79 Å². The molecule has 0 spiro atoms. The van der Waals surface area contributed by atoms with Gasteiger partial charge in [-0.1, -0.05) is 18.2 Å². The van der Waals surface area contributed by atoms with Crippen molar-refractivity contribution in [3.8, 4) is 0 Å². The van der Waals surface area contributed by atoms with Crippen LogP contribution in [-0.2, 0) is 11.2 Å². The molecule has 0 fully saturated rings. The molecule has 27 heavy (non-hydrogen) atoms. The van der Waals surface area contributed by atoms with Gasteiger partial charge < -0.3 is 15.1 Å². The Morgan fingerprint density at radius 2 is 1.93 bits per heavy atom. The van der Waals surface area contributed by atoms with Gasteiger partial charge in [-0.15, -0.1) is 0 Å². The number of nitrogens with zero attached hydrogens (tertiary/aromatic N) is 2. The van der Waals surface area contributed by atoms with E-state index in [-0.39, 0.29) is 5.91 Å². The van der Waals surface area contributed by atoms with Crippen molar-refractivity contribution in [2.24, 2.45) is 0 Å². The summed E-state index contributed by atoms with van der Waals surface area (Å²) in [6, 6.07) is 14.8. The second-order valence-corrected chi connectivity index (χ2v) is 7.13. The first-order chi connectivity index (χ1) is 13.1. The molecule has 2 aromatic rings. The Morgan fingerprint density at radius 3 is 2.67 bits per heavy atom. The van der Waals surface area contributed by atoms with Crippen molar-refractivity contribution in [1.29, 1.82) is 0 Å². The molecule has 0 saturated carbocycles. The Kier molecular flexibility index (Phi) is 6.38. The molecule has 0 unspecified atom stereocenters. The maximum atomic E-state index is 12.7. The SMILES string of the molecule is CCN(CC)c1ccc(NCCC(=O)N2CCCc3ccccc32)c(C)c1. The lowest BCUT2D eigenvalue weighted by molar-refractivity contribution is -0.118. The molecule has 1 N–H and O–H groups in total. The highest BCUT2D eigenvalue weighted by molar-refractivity contribution is 5.94. The van der Waals surface area contributed by atoms with Crippen molar-refractivity contribution in [2.75, 3.05) is 41.3 Å². The average molecular weight is 366 g/mol. The number of carbonyl (C=O) groups is 1. The van der Waals surface area contributed by atoms with Crippen molar-refractivity contribution in [3.63, 3.8) is 0 Å². The number of carbonyl (C=O) groups excluding carboxylic acids is 1. The van der Waals surface area contributed by atoms with E-state index in [2.05, 4.69) is 67.4 Å². The number of rotatable bonds is 7. The van der Waals surface area contributed by atoms with Crippen LogP contribution in [0.15, 0.2) is 42.5 Å². The van der Waals surface area contributed by atoms with Gasteiger partial charge in [-0.05, 0) is 69.0 Å². The van der Waals surface area contributed by atoms with Gasteiger partial charge in [0, 0.05) is 49.7 Å². The van der Waals surface area contributed by atoms with Gasteiger partial charge in [0.1, 0.15) is 0 Å². The van der Waals surface area contributed by atoms with Crippen molar-refractivity contribution in [2.45, 2.75) is 40.0 Å². The molecule has 0 saturated heterocycles. The Labute approximate surface area is 163 Å². The van der Waals surface area contributed by atoms with E-state index in [0.29, 0.717) is 13.0 Å². The minimum atomic E-state index is 0.201. The van der Waals surface area contributed by atoms with E-state index in [1.165, 1.54) is 16.8 Å². The molecule has 0 bridgehead atoms. The molecule has 144 valence electrons. The van der Waals surface area contributed by atoms with Gasteiger partial charge in [0.15, 0.2) is 0 Å². The normalized spacial score (nSPS) is 13.2. The predicted octanol–water partition coefficient (Wildman–Crippen LogP) is 4.62. The van der Waals surface area contributed by atoms with Crippen LogP contribution >= 0.6 is 0 Å². The van der Waals surface area contributed by atoms with Crippen LogP contribution in [0, 0.1) is 6.92 Å². The predicted molar refractivity (Wildman–Crippen MR) is 115 cm³/mol. The van der Waals surface area contributed by atoms with Crippen molar-refractivity contribution >= 4 is 23.0 Å². The fourth-order valence-corrected chi connectivity index (χ4v) is 3.86. The van der Waals surface area contributed by atoms with E-state index in [0.717, 1.165) is 43.9 Å². The third kappa shape index (κ3) is 4.44. The zero-order valence-electron chi connectivity index (χ0n) is 16.8. The van der Waals surface area contributed by atoms with E-state index in [9.17, 15) is 4.79 Å². The fourth-order valence-electron chi connectivity index (χ4n) is 3.86. The molecule has 0 radical (unpaired) electrons. The number of hydrogen-bond donors (Lipinski definition) is 1. The number of para-hydroxylation sites is 1. The summed E-state index contributed by atoms with van der Waals surface area (Å²) in [7, 11) is 0. The van der Waals surface area contributed by atoms with Gasteiger partial charge in [0.25, 0.3) is 0 Å². The van der Waals surface area contributed by atoms with Crippen LogP contribution < -0.4 is 15.1 Å². The van der Waals surface area contributed by atoms with Crippen molar-refractivity contribution in [1.82, 2.24) is 0 Å². The summed E-state index contributed by atoms with van der Waals surface area (Å²) in [6.45, 7) is 9.97. The lowest BCUT2D eigenvalue weighted by atomic mass is 10.0. The Balaban J connectivity index is 1.58. The second-order valence-electron chi connectivity index (χ2n) is 7.13. The number of aryl methyl sites for hydroxylation is 2. The van der Waals surface area contributed by atoms with E-state index < -0.39 is 0 Å². The number of amides is 1. The molecule has 4 heteroatoms. The molecule has 4 nitrogen and oxygen atoms in total. The Bertz CT molecular complexity index is 783. The summed E-state index contributed by atoms with van der Waals surface area (Å²) in [5.41, 5.74) is 5.96. The van der Waals surface area contributed by atoms with Crippen LogP contribution in [0.25, 0.3) is 0 Å². The highest BCUT2D eigenvalue weighted by atomic mass is 16.2. The molecule has 1 aliphatic heterocycles. The number of anilines is 3. The minimum absolute atomic E-state index is 0.201. The van der Waals surface area contributed by atoms with Crippen LogP contribution in [0.3, 0.4) is 0 Å². The summed E-state index contributed by atoms with van der Waals surface area (Å²) in [5, 5.41) is 3.44. The molecule has 3 rings (SSSR count). The highest BCUT2D eigenvalue weighted by Gasteiger charge is 2.21. The minimum Gasteiger partial charge on any atom is -0.384 e. The summed E-state index contributed by atoms with van der Waals surface area (Å²) in [6.07, 6.45) is 2.62. The largest absolute Gasteiger partial charge is 0.384 e. The topological polar surface area (TPSA) is 35.6 Å². The lowest BCUT2D eigenvalue weighted by Crippen LogP contribution is -2.36. The third-order valence-electron chi connectivity index (χ3n) is 5.40. The van der Waals surface area contributed by atoms with Crippen LogP contribution in [0.1, 0.15) is 37.8 Å². The zero-order valence-corrected chi connectivity index (χ0v) is 16.8. The highest BCUT2D eigenvalue weighted by Crippen LogP contribution is 2.27. The third-order valence-corrected chi connectivity index (χ3v) is 5.40. The van der Waals surface area contributed by atoms with E-state index in [1.54, 1.807) is 0 Å². The summed E-state index contributed by atoms with van der Waals surface area (Å²) >= 11 is 0. The van der Waals surface area contributed by atoms with Crippen LogP contribution in [-0.4, -0.2) is 32.1 Å². The first kappa shape index (κ1) is 19.3. The smallest absolute Gasteiger partial charge is 0.228 e. The van der Waals surface area contributed by atoms with Crippen LogP contribution in [0.2, 0.25) is 0 Å². The molecule has 1 amide bonds. The lowest BCUT2D eigenvalue weighted by Gasteiger charge is -2.29. The van der Waals surface area contributed by atoms with Gasteiger partial charge >= 0.3 is 0 Å². The van der Waals surface area contributed by atoms with Gasteiger partial charge in [-0.3, -0.25) is 4.79 Å². The zero-order chi connectivity index (χ0) is 19.2. The Morgan fingerprint density at radius 1 is 1.15 bits per heavy atom. The average Bonchev–Trinajstić information content (AvgIpc) is 2.70. The number of nitrogens with one attached hydrogen (secondary N) is 1. The monoisotopic (exact) mass is 365 g/mol. The molecule has 1 heterocycles. The van der Waals surface area contributed by atoms with E-state index >= 15 is 0 Å². The summed E-state index contributed by atoms with van der Waals surface area (Å²) in [5.74, 6) is 0.201. The number of hydrogen-bond acceptors (Lipinski definition) is 3. The second kappa shape index (κ2) is 8.94. The molecule has 1 aliphatic rings. The quantitative estimate of drug-likeness (QED) is 0.777. The molecule has 0 atom stereocenters. The van der Waals surface area contributed by atoms with Crippen LogP contribution in [0.4, 0.5) is 17.1 Å². The van der Waals surface area contributed by atoms with E-state index in [1.807, 2.05) is 11.0 Å². The van der Waals surface area contributed by atoms with Gasteiger partial charge in [-0.25, -0.2) is 0 Å². The maximum Gasteiger partial charge on any atom is 0.228 e. The van der Waals surface area contributed by atoms with Gasteiger partial charge in [0.2, 0.25) is 5.91 Å². The molecule has 0 aromatic heterocycles. The number of benzene rings is 2. The first-order valence-electron chi connectivity index (χ1n) is 10.1. The number of fused-ring (bicyclic) bond motifs is 1. The molecular weight excluding hydrogens is 334 g/mol. The first-order valence-corrected chi connectivity index (χ1v) is 10.1. The molecule has 2 aromatic carbocycles. The van der Waals surface area contributed by atoms with Crippen LogP contribution in [0.5, 0.6) is 0 Å². The van der Waals surface area contributed by atoms with Crippen molar-refractivity contribution in [3.05, 3.63) is 53.6 Å². The summed E-state index contributed by atoms with van der Waals surface area (Å²) in [4.78, 5) is 17.0. The summed E-state index contributed by atoms with van der Waals surface area (Å²) < 4.78 is 0. The standard InChI is InChI=1S/C23H31N3O/c1-4-25(5-2)20-12-13-21(18(3)17-20)24-15-14-23(27)26-16-8-10-19-9-6-7-11-22(19)26/h6-7,9,11-13,17,24H,4-5,8,10,14-16H2,1-3H3. The molecule has 0 aliphatic carbocycles. The van der Waals surface area contributed by atoms with Gasteiger partial charge in [0.05, 0.1) is 0 Å².